The molecule has 0 fully saturated rings. The number of nitrogens with one attached hydrogen (secondary N) is 1. The van der Waals surface area contributed by atoms with Crippen LogP contribution in [0.15, 0.2) is 53.9 Å². The zero-order valence-corrected chi connectivity index (χ0v) is 14.4. The Bertz CT molecular complexity index is 922. The van der Waals surface area contributed by atoms with Gasteiger partial charge in [-0.05, 0) is 31.2 Å². The number of para-hydroxylation sites is 2. The van der Waals surface area contributed by atoms with Crippen LogP contribution in [0.2, 0.25) is 0 Å². The molecule has 1 N–H and O–H groups in total. The van der Waals surface area contributed by atoms with E-state index >= 15 is 0 Å². The van der Waals surface area contributed by atoms with Gasteiger partial charge in [0, 0.05) is 16.6 Å². The van der Waals surface area contributed by atoms with Crippen molar-refractivity contribution < 1.29 is 14.3 Å². The second-order valence-corrected chi connectivity index (χ2v) is 6.75. The lowest BCUT2D eigenvalue weighted by atomic mass is 10.1. The minimum atomic E-state index is -0.680. The minimum Gasteiger partial charge on any atom is -0.485 e. The number of ether oxygens (including phenoxy) is 2. The third-order valence-corrected chi connectivity index (χ3v) is 4.62. The number of fused-ring (bicyclic) bond motifs is 1. The van der Waals surface area contributed by atoms with Crippen LogP contribution >= 0.6 is 11.3 Å². The van der Waals surface area contributed by atoms with E-state index in [-0.39, 0.29) is 12.5 Å². The smallest absolute Gasteiger partial charge is 0.269 e. The van der Waals surface area contributed by atoms with Crippen molar-refractivity contribution in [2.45, 2.75) is 13.0 Å². The first-order valence-corrected chi connectivity index (χ1v) is 8.79. The van der Waals surface area contributed by atoms with Crippen LogP contribution in [0.4, 0.5) is 5.69 Å². The van der Waals surface area contributed by atoms with E-state index in [1.807, 2.05) is 54.8 Å². The van der Waals surface area contributed by atoms with E-state index in [4.69, 9.17) is 9.47 Å². The van der Waals surface area contributed by atoms with Crippen molar-refractivity contribution >= 4 is 22.9 Å². The second-order valence-electron chi connectivity index (χ2n) is 5.69. The Morgan fingerprint density at radius 1 is 1.20 bits per heavy atom. The lowest BCUT2D eigenvalue weighted by Crippen LogP contribution is -2.40. The third-order valence-electron chi connectivity index (χ3n) is 3.85. The van der Waals surface area contributed by atoms with Crippen molar-refractivity contribution in [2.24, 2.45) is 0 Å². The zero-order chi connectivity index (χ0) is 17.2. The standard InChI is InChI=1S/C19H16N2O3S/c1-12-20-15(11-25-12)13-5-4-6-14(9-13)21-19(22)18-10-23-16-7-2-3-8-17(16)24-18/h2-9,11,18H,10H2,1H3,(H,21,22)/t18-/m1/s1. The summed E-state index contributed by atoms with van der Waals surface area (Å²) in [6.45, 7) is 2.16. The average molecular weight is 352 g/mol. The van der Waals surface area contributed by atoms with Gasteiger partial charge in [0.1, 0.15) is 6.61 Å². The van der Waals surface area contributed by atoms with Crippen molar-refractivity contribution in [3.8, 4) is 22.8 Å². The number of anilines is 1. The highest BCUT2D eigenvalue weighted by Crippen LogP contribution is 2.31. The van der Waals surface area contributed by atoms with Gasteiger partial charge in [0.05, 0.1) is 10.7 Å². The maximum Gasteiger partial charge on any atom is 0.269 e. The summed E-state index contributed by atoms with van der Waals surface area (Å²) < 4.78 is 11.3. The molecule has 0 aliphatic carbocycles. The first kappa shape index (κ1) is 15.7. The minimum absolute atomic E-state index is 0.188. The molecule has 5 nitrogen and oxygen atoms in total. The summed E-state index contributed by atoms with van der Waals surface area (Å²) in [5.41, 5.74) is 2.58. The molecule has 0 unspecified atom stereocenters. The normalized spacial score (nSPS) is 15.6. The highest BCUT2D eigenvalue weighted by Gasteiger charge is 2.27. The van der Waals surface area contributed by atoms with Crippen molar-refractivity contribution in [1.82, 2.24) is 4.98 Å². The molecule has 25 heavy (non-hydrogen) atoms. The Balaban J connectivity index is 1.48. The van der Waals surface area contributed by atoms with Crippen LogP contribution in [-0.2, 0) is 4.79 Å². The number of carbonyl (C=O) groups excluding carboxylic acids is 1. The van der Waals surface area contributed by atoms with E-state index in [1.165, 1.54) is 0 Å². The van der Waals surface area contributed by atoms with Crippen molar-refractivity contribution in [1.29, 1.82) is 0 Å². The molecule has 1 amide bonds. The van der Waals surface area contributed by atoms with Crippen LogP contribution in [0, 0.1) is 6.92 Å². The molecule has 6 heteroatoms. The molecule has 126 valence electrons. The van der Waals surface area contributed by atoms with Gasteiger partial charge in [-0.3, -0.25) is 4.79 Å². The van der Waals surface area contributed by atoms with Gasteiger partial charge in [-0.15, -0.1) is 11.3 Å². The van der Waals surface area contributed by atoms with Gasteiger partial charge in [-0.2, -0.15) is 0 Å². The van der Waals surface area contributed by atoms with E-state index in [1.54, 1.807) is 17.4 Å². The third kappa shape index (κ3) is 3.34. The molecule has 1 atom stereocenters. The number of rotatable bonds is 3. The Morgan fingerprint density at radius 3 is 2.84 bits per heavy atom. The van der Waals surface area contributed by atoms with Gasteiger partial charge >= 0.3 is 0 Å². The van der Waals surface area contributed by atoms with Gasteiger partial charge in [-0.25, -0.2) is 4.98 Å². The van der Waals surface area contributed by atoms with Crippen LogP contribution in [-0.4, -0.2) is 23.6 Å². The molecule has 1 aliphatic rings. The quantitative estimate of drug-likeness (QED) is 0.777. The number of aryl methyl sites for hydroxylation is 1. The second kappa shape index (κ2) is 6.57. The molecular weight excluding hydrogens is 336 g/mol. The topological polar surface area (TPSA) is 60.5 Å². The molecule has 1 aliphatic heterocycles. The maximum absolute atomic E-state index is 12.5. The van der Waals surface area contributed by atoms with Crippen molar-refractivity contribution in [3.63, 3.8) is 0 Å². The molecule has 1 aromatic heterocycles. The molecule has 3 aromatic rings. The summed E-state index contributed by atoms with van der Waals surface area (Å²) in [5, 5.41) is 5.91. The maximum atomic E-state index is 12.5. The molecule has 4 rings (SSSR count). The SMILES string of the molecule is Cc1nc(-c2cccc(NC(=O)[C@H]3COc4ccccc4O3)c2)cs1. The van der Waals surface area contributed by atoms with Crippen LogP contribution in [0.1, 0.15) is 5.01 Å². The predicted octanol–water partition coefficient (Wildman–Crippen LogP) is 3.90. The Morgan fingerprint density at radius 2 is 2.04 bits per heavy atom. The number of hydrogen-bond acceptors (Lipinski definition) is 5. The predicted molar refractivity (Wildman–Crippen MR) is 97.3 cm³/mol. The molecular formula is C19H16N2O3S. The lowest BCUT2D eigenvalue weighted by molar-refractivity contribution is -0.125. The van der Waals surface area contributed by atoms with E-state index in [0.717, 1.165) is 16.3 Å². The van der Waals surface area contributed by atoms with Crippen molar-refractivity contribution in [3.05, 3.63) is 58.9 Å². The number of benzene rings is 2. The molecule has 2 aromatic carbocycles. The van der Waals surface area contributed by atoms with Crippen molar-refractivity contribution in [2.75, 3.05) is 11.9 Å². The number of nitrogens with zero attached hydrogens (tertiary/aromatic N) is 1. The van der Waals surface area contributed by atoms with Gasteiger partial charge < -0.3 is 14.8 Å². The first-order valence-electron chi connectivity index (χ1n) is 7.91. The summed E-state index contributed by atoms with van der Waals surface area (Å²) in [4.78, 5) is 17.0. The van der Waals surface area contributed by atoms with Gasteiger partial charge in [0.25, 0.3) is 5.91 Å². The Labute approximate surface area is 149 Å². The van der Waals surface area contributed by atoms with Gasteiger partial charge in [0.15, 0.2) is 11.5 Å². The van der Waals surface area contributed by atoms with Gasteiger partial charge in [-0.1, -0.05) is 24.3 Å². The molecule has 2 heterocycles. The molecule has 0 saturated heterocycles. The summed E-state index contributed by atoms with van der Waals surface area (Å²) in [5.74, 6) is 1.01. The Kier molecular flexibility index (Phi) is 4.11. The number of carbonyl (C=O) groups is 1. The zero-order valence-electron chi connectivity index (χ0n) is 13.6. The fourth-order valence-corrected chi connectivity index (χ4v) is 3.25. The number of aromatic nitrogens is 1. The number of thiazole rings is 1. The van der Waals surface area contributed by atoms with Crippen LogP contribution in [0.3, 0.4) is 0 Å². The highest BCUT2D eigenvalue weighted by atomic mass is 32.1. The summed E-state index contributed by atoms with van der Waals surface area (Å²) in [7, 11) is 0. The molecule has 0 spiro atoms. The number of amides is 1. The number of hydrogen-bond donors (Lipinski definition) is 1. The summed E-state index contributed by atoms with van der Waals surface area (Å²) in [6, 6.07) is 15.0. The fourth-order valence-electron chi connectivity index (χ4n) is 2.62. The monoisotopic (exact) mass is 352 g/mol. The van der Waals surface area contributed by atoms with E-state index in [9.17, 15) is 4.79 Å². The van der Waals surface area contributed by atoms with Gasteiger partial charge in [0.2, 0.25) is 6.10 Å². The summed E-state index contributed by atoms with van der Waals surface area (Å²) >= 11 is 1.60. The summed E-state index contributed by atoms with van der Waals surface area (Å²) in [6.07, 6.45) is -0.680. The Hall–Kier alpha value is -2.86. The first-order chi connectivity index (χ1) is 12.2. The molecule has 0 bridgehead atoms. The molecule has 0 saturated carbocycles. The molecule has 0 radical (unpaired) electrons. The lowest BCUT2D eigenvalue weighted by Gasteiger charge is -2.25. The van der Waals surface area contributed by atoms with Crippen LogP contribution < -0.4 is 14.8 Å². The largest absolute Gasteiger partial charge is 0.485 e. The average Bonchev–Trinajstić information content (AvgIpc) is 3.08. The van der Waals surface area contributed by atoms with E-state index < -0.39 is 6.10 Å². The fraction of sp³-hybridized carbons (Fsp3) is 0.158. The van der Waals surface area contributed by atoms with Crippen LogP contribution in [0.5, 0.6) is 11.5 Å². The van der Waals surface area contributed by atoms with E-state index in [2.05, 4.69) is 10.3 Å². The van der Waals surface area contributed by atoms with E-state index in [0.29, 0.717) is 17.2 Å². The van der Waals surface area contributed by atoms with Crippen LogP contribution in [0.25, 0.3) is 11.3 Å². The highest BCUT2D eigenvalue weighted by molar-refractivity contribution is 7.09.